The number of rotatable bonds is 2. The third kappa shape index (κ3) is 2.46. The second-order valence-electron chi connectivity index (χ2n) is 3.67. The molecule has 0 N–H and O–H groups in total. The number of aryl methyl sites for hydroxylation is 1. The molecule has 0 saturated carbocycles. The van der Waals surface area contributed by atoms with E-state index in [1.165, 1.54) is 0 Å². The van der Waals surface area contributed by atoms with Gasteiger partial charge in [0.05, 0.1) is 25.5 Å². The van der Waals surface area contributed by atoms with Crippen molar-refractivity contribution < 1.29 is 4.74 Å². The highest BCUT2D eigenvalue weighted by Gasteiger charge is 2.23. The average molecular weight is 272 g/mol. The van der Waals surface area contributed by atoms with Crippen molar-refractivity contribution in [3.63, 3.8) is 0 Å². The van der Waals surface area contributed by atoms with Crippen molar-refractivity contribution in [3.8, 4) is 0 Å². The fourth-order valence-corrected chi connectivity index (χ4v) is 2.21. The maximum atomic E-state index is 5.44. The van der Waals surface area contributed by atoms with Crippen LogP contribution in [0.2, 0.25) is 0 Å². The Morgan fingerprint density at radius 1 is 1.67 bits per heavy atom. The molecule has 1 unspecified atom stereocenters. The summed E-state index contributed by atoms with van der Waals surface area (Å²) in [6, 6.07) is 2.42. The summed E-state index contributed by atoms with van der Waals surface area (Å²) in [6.07, 6.45) is 1.77. The molecule has 0 bridgehead atoms. The molecule has 2 heterocycles. The molecule has 15 heavy (non-hydrogen) atoms. The number of hydrogen-bond donors (Lipinski definition) is 0. The Morgan fingerprint density at radius 2 is 2.53 bits per heavy atom. The number of ether oxygens (including phenoxy) is 1. The Kier molecular flexibility index (Phi) is 3.53. The average Bonchev–Trinajstić information content (AvgIpc) is 2.29. The van der Waals surface area contributed by atoms with Gasteiger partial charge in [0.1, 0.15) is 0 Å². The SMILES string of the molecule is Cc1cnnc(N2CCOCC2CBr)c1. The van der Waals surface area contributed by atoms with Crippen molar-refractivity contribution in [2.24, 2.45) is 0 Å². The van der Waals surface area contributed by atoms with Gasteiger partial charge in [-0.3, -0.25) is 0 Å². The molecule has 1 saturated heterocycles. The molecule has 0 aromatic carbocycles. The van der Waals surface area contributed by atoms with Crippen LogP contribution >= 0.6 is 15.9 Å². The highest BCUT2D eigenvalue weighted by atomic mass is 79.9. The van der Waals surface area contributed by atoms with Gasteiger partial charge in [0, 0.05) is 11.9 Å². The molecule has 1 atom stereocenters. The van der Waals surface area contributed by atoms with Crippen molar-refractivity contribution in [1.29, 1.82) is 0 Å². The van der Waals surface area contributed by atoms with Crippen LogP contribution in [0, 0.1) is 6.92 Å². The summed E-state index contributed by atoms with van der Waals surface area (Å²) in [6.45, 7) is 4.43. The molecule has 4 nitrogen and oxygen atoms in total. The van der Waals surface area contributed by atoms with Crippen LogP contribution in [0.15, 0.2) is 12.3 Å². The van der Waals surface area contributed by atoms with Gasteiger partial charge in [-0.2, -0.15) is 5.10 Å². The zero-order valence-electron chi connectivity index (χ0n) is 8.69. The van der Waals surface area contributed by atoms with Crippen molar-refractivity contribution >= 4 is 21.7 Å². The van der Waals surface area contributed by atoms with E-state index < -0.39 is 0 Å². The third-order valence-corrected chi connectivity index (χ3v) is 3.23. The van der Waals surface area contributed by atoms with Gasteiger partial charge >= 0.3 is 0 Å². The van der Waals surface area contributed by atoms with Gasteiger partial charge in [-0.15, -0.1) is 5.10 Å². The lowest BCUT2D eigenvalue weighted by Gasteiger charge is -2.35. The van der Waals surface area contributed by atoms with E-state index in [9.17, 15) is 0 Å². The lowest BCUT2D eigenvalue weighted by atomic mass is 10.2. The van der Waals surface area contributed by atoms with E-state index in [1.807, 2.05) is 6.92 Å². The topological polar surface area (TPSA) is 38.2 Å². The quantitative estimate of drug-likeness (QED) is 0.762. The zero-order chi connectivity index (χ0) is 10.7. The van der Waals surface area contributed by atoms with E-state index in [1.54, 1.807) is 6.20 Å². The maximum absolute atomic E-state index is 5.44. The molecule has 1 aliphatic rings. The van der Waals surface area contributed by atoms with Crippen molar-refractivity contribution in [3.05, 3.63) is 17.8 Å². The van der Waals surface area contributed by atoms with E-state index in [4.69, 9.17) is 4.74 Å². The highest BCUT2D eigenvalue weighted by Crippen LogP contribution is 2.18. The first kappa shape index (κ1) is 10.8. The minimum atomic E-state index is 0.356. The fraction of sp³-hybridized carbons (Fsp3) is 0.600. The van der Waals surface area contributed by atoms with E-state index in [0.717, 1.165) is 36.5 Å². The summed E-state index contributed by atoms with van der Waals surface area (Å²) in [7, 11) is 0. The molecule has 2 rings (SSSR count). The summed E-state index contributed by atoms with van der Waals surface area (Å²) >= 11 is 3.50. The number of aromatic nitrogens is 2. The molecular formula is C10H14BrN3O. The summed E-state index contributed by atoms with van der Waals surface area (Å²) in [5.41, 5.74) is 1.14. The maximum Gasteiger partial charge on any atom is 0.151 e. The van der Waals surface area contributed by atoms with Crippen molar-refractivity contribution in [2.75, 3.05) is 30.0 Å². The van der Waals surface area contributed by atoms with E-state index >= 15 is 0 Å². The highest BCUT2D eigenvalue weighted by molar-refractivity contribution is 9.09. The Balaban J connectivity index is 2.20. The van der Waals surface area contributed by atoms with Crippen LogP contribution in [0.5, 0.6) is 0 Å². The molecule has 0 spiro atoms. The molecule has 82 valence electrons. The number of halogens is 1. The summed E-state index contributed by atoms with van der Waals surface area (Å²) < 4.78 is 5.44. The molecule has 1 aliphatic heterocycles. The van der Waals surface area contributed by atoms with Gasteiger partial charge in [0.25, 0.3) is 0 Å². The van der Waals surface area contributed by atoms with Gasteiger partial charge in [-0.25, -0.2) is 0 Å². The molecule has 0 radical (unpaired) electrons. The van der Waals surface area contributed by atoms with Crippen molar-refractivity contribution in [1.82, 2.24) is 10.2 Å². The summed E-state index contributed by atoms with van der Waals surface area (Å²) in [5.74, 6) is 0.947. The standard InChI is InChI=1S/C10H14BrN3O/c1-8-4-10(13-12-6-8)14-2-3-15-7-9(14)5-11/h4,6,9H,2-3,5,7H2,1H3. The van der Waals surface area contributed by atoms with E-state index in [-0.39, 0.29) is 0 Å². The second-order valence-corrected chi connectivity index (χ2v) is 4.32. The van der Waals surface area contributed by atoms with Crippen LogP contribution in [0.3, 0.4) is 0 Å². The van der Waals surface area contributed by atoms with E-state index in [2.05, 4.69) is 37.1 Å². The zero-order valence-corrected chi connectivity index (χ0v) is 10.3. The molecule has 0 aliphatic carbocycles. The minimum Gasteiger partial charge on any atom is -0.377 e. The molecule has 1 aromatic heterocycles. The van der Waals surface area contributed by atoms with Crippen LogP contribution in [-0.2, 0) is 4.74 Å². The van der Waals surface area contributed by atoms with Crippen LogP contribution < -0.4 is 4.90 Å². The smallest absolute Gasteiger partial charge is 0.151 e. The largest absolute Gasteiger partial charge is 0.377 e. The first-order valence-corrected chi connectivity index (χ1v) is 6.13. The fourth-order valence-electron chi connectivity index (χ4n) is 1.67. The van der Waals surface area contributed by atoms with Gasteiger partial charge in [-0.05, 0) is 18.6 Å². The molecule has 1 aromatic rings. The van der Waals surface area contributed by atoms with Gasteiger partial charge in [0.2, 0.25) is 0 Å². The van der Waals surface area contributed by atoms with Crippen LogP contribution in [-0.4, -0.2) is 41.3 Å². The van der Waals surface area contributed by atoms with Crippen LogP contribution in [0.25, 0.3) is 0 Å². The Hall–Kier alpha value is -0.680. The van der Waals surface area contributed by atoms with Crippen molar-refractivity contribution in [2.45, 2.75) is 13.0 Å². The first-order valence-electron chi connectivity index (χ1n) is 5.01. The number of morpholine rings is 1. The Bertz CT molecular complexity index is 334. The van der Waals surface area contributed by atoms with Gasteiger partial charge in [0.15, 0.2) is 5.82 Å². The molecular weight excluding hydrogens is 258 g/mol. The third-order valence-electron chi connectivity index (χ3n) is 2.48. The summed E-state index contributed by atoms with van der Waals surface area (Å²) in [5, 5.41) is 9.03. The number of anilines is 1. The molecule has 5 heteroatoms. The Morgan fingerprint density at radius 3 is 3.27 bits per heavy atom. The Labute approximate surface area is 97.8 Å². The summed E-state index contributed by atoms with van der Waals surface area (Å²) in [4.78, 5) is 2.25. The van der Waals surface area contributed by atoms with Crippen LogP contribution in [0.4, 0.5) is 5.82 Å². The normalized spacial score (nSPS) is 21.7. The predicted molar refractivity (Wildman–Crippen MR) is 62.5 cm³/mol. The molecule has 0 amide bonds. The second kappa shape index (κ2) is 4.90. The van der Waals surface area contributed by atoms with Gasteiger partial charge < -0.3 is 9.64 Å². The van der Waals surface area contributed by atoms with E-state index in [0.29, 0.717) is 6.04 Å². The monoisotopic (exact) mass is 271 g/mol. The lowest BCUT2D eigenvalue weighted by Crippen LogP contribution is -2.47. The van der Waals surface area contributed by atoms with Gasteiger partial charge in [-0.1, -0.05) is 15.9 Å². The molecule has 1 fully saturated rings. The minimum absolute atomic E-state index is 0.356. The number of alkyl halides is 1. The first-order chi connectivity index (χ1) is 7.31. The number of nitrogens with zero attached hydrogens (tertiary/aromatic N) is 3. The predicted octanol–water partition coefficient (Wildman–Crippen LogP) is 1.39. The van der Waals surface area contributed by atoms with Crippen LogP contribution in [0.1, 0.15) is 5.56 Å². The lowest BCUT2D eigenvalue weighted by molar-refractivity contribution is 0.0999. The number of hydrogen-bond acceptors (Lipinski definition) is 4.